The lowest BCUT2D eigenvalue weighted by molar-refractivity contribution is 1.17. The van der Waals surface area contributed by atoms with E-state index >= 15 is 0 Å². The first-order valence-corrected chi connectivity index (χ1v) is 23.5. The summed E-state index contributed by atoms with van der Waals surface area (Å²) in [4.78, 5) is 4.67. The highest BCUT2D eigenvalue weighted by Crippen LogP contribution is 2.41. The Morgan fingerprint density at radius 2 is 0.500 bits per heavy atom. The summed E-state index contributed by atoms with van der Waals surface area (Å²) in [6, 6.07) is 84.3. The summed E-state index contributed by atoms with van der Waals surface area (Å²) in [6.07, 6.45) is 0. The molecular formula is C64H50N4. The number of para-hydroxylation sites is 2. The molecule has 0 unspecified atom stereocenters. The van der Waals surface area contributed by atoms with Crippen molar-refractivity contribution >= 4 is 77.7 Å². The van der Waals surface area contributed by atoms with Crippen LogP contribution in [0.25, 0.3) is 66.1 Å². The number of aryl methyl sites for hydroxylation is 4. The fourth-order valence-corrected chi connectivity index (χ4v) is 10.2. The molecule has 0 amide bonds. The van der Waals surface area contributed by atoms with Crippen molar-refractivity contribution in [3.05, 3.63) is 253 Å². The van der Waals surface area contributed by atoms with Gasteiger partial charge in [-0.25, -0.2) is 0 Å². The Morgan fingerprint density at radius 1 is 0.250 bits per heavy atom. The Hall–Kier alpha value is -8.60. The molecular weight excluding hydrogens is 825 g/mol. The Bertz CT molecular complexity index is 3420. The van der Waals surface area contributed by atoms with Crippen LogP contribution in [-0.2, 0) is 0 Å². The van der Waals surface area contributed by atoms with Gasteiger partial charge in [-0.3, -0.25) is 0 Å². The van der Waals surface area contributed by atoms with Crippen LogP contribution in [0.3, 0.4) is 0 Å². The van der Waals surface area contributed by atoms with Gasteiger partial charge in [0.25, 0.3) is 0 Å². The molecule has 68 heavy (non-hydrogen) atoms. The molecule has 4 heteroatoms. The van der Waals surface area contributed by atoms with Crippen LogP contribution in [-0.4, -0.2) is 9.13 Å². The Balaban J connectivity index is 0.851. The third-order valence-electron chi connectivity index (χ3n) is 13.5. The highest BCUT2D eigenvalue weighted by molar-refractivity contribution is 6.11. The normalized spacial score (nSPS) is 11.5. The highest BCUT2D eigenvalue weighted by Gasteiger charge is 2.18. The minimum Gasteiger partial charge on any atom is -0.311 e. The third-order valence-corrected chi connectivity index (χ3v) is 13.5. The highest BCUT2D eigenvalue weighted by atomic mass is 15.1. The molecule has 0 aliphatic carbocycles. The number of aromatic nitrogens is 2. The maximum absolute atomic E-state index is 2.39. The van der Waals surface area contributed by atoms with E-state index in [1.165, 1.54) is 65.9 Å². The molecule has 4 nitrogen and oxygen atoms in total. The van der Waals surface area contributed by atoms with Gasteiger partial charge in [0.05, 0.1) is 22.1 Å². The van der Waals surface area contributed by atoms with E-state index in [1.807, 2.05) is 0 Å². The summed E-state index contributed by atoms with van der Waals surface area (Å²) < 4.78 is 4.79. The van der Waals surface area contributed by atoms with Gasteiger partial charge in [0, 0.05) is 67.0 Å². The van der Waals surface area contributed by atoms with E-state index in [2.05, 4.69) is 277 Å². The van der Waals surface area contributed by atoms with Crippen LogP contribution in [0.5, 0.6) is 0 Å². The van der Waals surface area contributed by atoms with Gasteiger partial charge in [0.1, 0.15) is 0 Å². The van der Waals surface area contributed by atoms with Crippen LogP contribution in [0.1, 0.15) is 22.3 Å². The fourth-order valence-electron chi connectivity index (χ4n) is 10.2. The predicted octanol–water partition coefficient (Wildman–Crippen LogP) is 17.7. The first kappa shape index (κ1) is 40.9. The smallest absolute Gasteiger partial charge is 0.0541 e. The number of fused-ring (bicyclic) bond motifs is 6. The number of nitrogens with zero attached hydrogens (tertiary/aromatic N) is 4. The van der Waals surface area contributed by atoms with Crippen molar-refractivity contribution in [3.63, 3.8) is 0 Å². The predicted molar refractivity (Wildman–Crippen MR) is 289 cm³/mol. The zero-order valence-corrected chi connectivity index (χ0v) is 38.7. The van der Waals surface area contributed by atoms with Crippen molar-refractivity contribution in [1.82, 2.24) is 9.13 Å². The zero-order valence-electron chi connectivity index (χ0n) is 38.7. The Morgan fingerprint density at radius 3 is 0.779 bits per heavy atom. The molecule has 12 rings (SSSR count). The van der Waals surface area contributed by atoms with Gasteiger partial charge in [-0.15, -0.1) is 0 Å². The van der Waals surface area contributed by atoms with Crippen LogP contribution in [0.15, 0.2) is 231 Å². The lowest BCUT2D eigenvalue weighted by Crippen LogP contribution is -2.10. The van der Waals surface area contributed by atoms with E-state index in [0.717, 1.165) is 56.6 Å². The quantitative estimate of drug-likeness (QED) is 0.144. The SMILES string of the molecule is Cc1ccc2c(c1)c1cc(C)ccc1n2-c1ccc(N(c2ccccc2)c2ccc(-c3ccc(N(c4ccccc4)c4ccc(-n5c6ccc(C)cc6c6cc(C)ccc65)cc4)cc3)cc2)cc1. The van der Waals surface area contributed by atoms with Crippen molar-refractivity contribution in [3.8, 4) is 22.5 Å². The second kappa shape index (κ2) is 16.7. The van der Waals surface area contributed by atoms with E-state index in [0.29, 0.717) is 0 Å². The number of hydrogen-bond acceptors (Lipinski definition) is 2. The van der Waals surface area contributed by atoms with Crippen LogP contribution < -0.4 is 9.80 Å². The lowest BCUT2D eigenvalue weighted by atomic mass is 10.0. The summed E-state index contributed by atoms with van der Waals surface area (Å²) in [5.41, 5.74) is 21.1. The van der Waals surface area contributed by atoms with Gasteiger partial charge >= 0.3 is 0 Å². The first-order chi connectivity index (χ1) is 33.3. The van der Waals surface area contributed by atoms with Crippen molar-refractivity contribution in [2.45, 2.75) is 27.7 Å². The molecule has 0 saturated carbocycles. The van der Waals surface area contributed by atoms with Gasteiger partial charge in [0.15, 0.2) is 0 Å². The lowest BCUT2D eigenvalue weighted by Gasteiger charge is -2.26. The molecule has 0 aliphatic heterocycles. The molecule has 10 aromatic carbocycles. The molecule has 2 aromatic heterocycles. The van der Waals surface area contributed by atoms with Crippen molar-refractivity contribution in [1.29, 1.82) is 0 Å². The Kier molecular flexibility index (Phi) is 10.0. The van der Waals surface area contributed by atoms with Gasteiger partial charge in [-0.2, -0.15) is 0 Å². The van der Waals surface area contributed by atoms with Crippen molar-refractivity contribution in [2.75, 3.05) is 9.80 Å². The number of benzene rings is 10. The summed E-state index contributed by atoms with van der Waals surface area (Å²) in [5.74, 6) is 0. The molecule has 0 atom stereocenters. The van der Waals surface area contributed by atoms with Crippen LogP contribution >= 0.6 is 0 Å². The van der Waals surface area contributed by atoms with Gasteiger partial charge < -0.3 is 18.9 Å². The standard InChI is InChI=1S/C64H50N4/c1-43-15-35-61-57(39-43)58-40-44(2)16-36-62(58)67(61)55-31-27-53(28-32-55)65(49-11-7-5-8-12-49)51-23-19-47(20-24-51)48-21-25-52(26-22-48)66(50-13-9-6-10-14-50)54-29-33-56(34-30-54)68-63-37-17-45(3)41-59(63)60-42-46(4)18-38-64(60)68/h5-42H,1-4H3. The molecule has 0 spiro atoms. The molecule has 2 heterocycles. The average Bonchev–Trinajstić information content (AvgIpc) is 3.86. The molecule has 0 aliphatic rings. The molecule has 0 saturated heterocycles. The van der Waals surface area contributed by atoms with Gasteiger partial charge in [-0.1, -0.05) is 107 Å². The molecule has 0 bridgehead atoms. The number of anilines is 6. The maximum atomic E-state index is 2.39. The molecule has 0 radical (unpaired) electrons. The summed E-state index contributed by atoms with van der Waals surface area (Å²) >= 11 is 0. The molecule has 0 fully saturated rings. The van der Waals surface area contributed by atoms with Crippen LogP contribution in [0.2, 0.25) is 0 Å². The minimum atomic E-state index is 1.09. The molecule has 12 aromatic rings. The Labute approximate surface area is 397 Å². The second-order valence-electron chi connectivity index (χ2n) is 18.2. The van der Waals surface area contributed by atoms with Gasteiger partial charge in [0.2, 0.25) is 0 Å². The maximum Gasteiger partial charge on any atom is 0.0541 e. The zero-order chi connectivity index (χ0) is 45.9. The van der Waals surface area contributed by atoms with E-state index in [1.54, 1.807) is 0 Å². The molecule has 326 valence electrons. The number of hydrogen-bond donors (Lipinski definition) is 0. The minimum absolute atomic E-state index is 1.09. The summed E-state index contributed by atoms with van der Waals surface area (Å²) in [6.45, 7) is 8.68. The monoisotopic (exact) mass is 874 g/mol. The fraction of sp³-hybridized carbons (Fsp3) is 0.0625. The molecule has 0 N–H and O–H groups in total. The van der Waals surface area contributed by atoms with Crippen LogP contribution in [0, 0.1) is 27.7 Å². The summed E-state index contributed by atoms with van der Waals surface area (Å²) in [5, 5.41) is 5.14. The largest absolute Gasteiger partial charge is 0.311 e. The van der Waals surface area contributed by atoms with Crippen molar-refractivity contribution < 1.29 is 0 Å². The van der Waals surface area contributed by atoms with E-state index in [9.17, 15) is 0 Å². The first-order valence-electron chi connectivity index (χ1n) is 23.5. The van der Waals surface area contributed by atoms with Crippen molar-refractivity contribution in [2.24, 2.45) is 0 Å². The van der Waals surface area contributed by atoms with E-state index in [4.69, 9.17) is 0 Å². The van der Waals surface area contributed by atoms with Gasteiger partial charge in [-0.05, 0) is 184 Å². The third kappa shape index (κ3) is 7.19. The van der Waals surface area contributed by atoms with E-state index in [-0.39, 0.29) is 0 Å². The summed E-state index contributed by atoms with van der Waals surface area (Å²) in [7, 11) is 0. The number of rotatable bonds is 9. The van der Waals surface area contributed by atoms with Crippen LogP contribution in [0.4, 0.5) is 34.1 Å². The second-order valence-corrected chi connectivity index (χ2v) is 18.2. The topological polar surface area (TPSA) is 16.3 Å². The van der Waals surface area contributed by atoms with E-state index < -0.39 is 0 Å². The average molecular weight is 875 g/mol.